The van der Waals surface area contributed by atoms with Gasteiger partial charge in [-0.3, -0.25) is 14.7 Å². The smallest absolute Gasteiger partial charge is 0.251 e. The van der Waals surface area contributed by atoms with Crippen LogP contribution in [0.15, 0.2) is 49.1 Å². The van der Waals surface area contributed by atoms with E-state index in [1.165, 1.54) is 0 Å². The van der Waals surface area contributed by atoms with Crippen LogP contribution in [-0.4, -0.2) is 69.5 Å². The molecule has 1 aromatic carbocycles. The van der Waals surface area contributed by atoms with Gasteiger partial charge >= 0.3 is 0 Å². The van der Waals surface area contributed by atoms with Crippen LogP contribution in [0, 0.1) is 6.92 Å². The van der Waals surface area contributed by atoms with Crippen molar-refractivity contribution in [1.82, 2.24) is 25.0 Å². The lowest BCUT2D eigenvalue weighted by atomic mass is 10.00. The summed E-state index contributed by atoms with van der Waals surface area (Å²) < 4.78 is 7.63. The van der Waals surface area contributed by atoms with Crippen LogP contribution < -0.4 is 10.6 Å². The average molecular weight is 501 g/mol. The molecule has 2 aromatic heterocycles. The third kappa shape index (κ3) is 5.40. The van der Waals surface area contributed by atoms with E-state index in [2.05, 4.69) is 45.5 Å². The summed E-state index contributed by atoms with van der Waals surface area (Å²) >= 11 is 0. The first kappa shape index (κ1) is 24.1. The highest BCUT2D eigenvalue weighted by Gasteiger charge is 2.32. The molecule has 8 nitrogen and oxygen atoms in total. The molecule has 1 amide bonds. The first-order valence-corrected chi connectivity index (χ1v) is 13.6. The van der Waals surface area contributed by atoms with Crippen LogP contribution in [0.2, 0.25) is 0 Å². The first-order chi connectivity index (χ1) is 18.0. The molecular weight excluding hydrogens is 464 g/mol. The van der Waals surface area contributed by atoms with Gasteiger partial charge in [0, 0.05) is 55.1 Å². The molecule has 0 spiro atoms. The van der Waals surface area contributed by atoms with Crippen molar-refractivity contribution in [2.45, 2.75) is 70.2 Å². The minimum absolute atomic E-state index is 0.00367. The summed E-state index contributed by atoms with van der Waals surface area (Å²) in [6.45, 7) is 7.35. The number of ether oxygens (including phenoxy) is 1. The first-order valence-electron chi connectivity index (χ1n) is 13.6. The Morgan fingerprint density at radius 2 is 1.86 bits per heavy atom. The molecule has 37 heavy (non-hydrogen) atoms. The van der Waals surface area contributed by atoms with Gasteiger partial charge in [0.2, 0.25) is 0 Å². The van der Waals surface area contributed by atoms with Crippen molar-refractivity contribution in [2.75, 3.05) is 25.0 Å². The van der Waals surface area contributed by atoms with E-state index in [0.29, 0.717) is 29.8 Å². The SMILES string of the molecule is Cc1ccc(C(=O)NC2CC2)cc1-c1cnn(-c2cncc(NC3CCN(C4CCOC4C)CC3)c2)c1. The van der Waals surface area contributed by atoms with Crippen molar-refractivity contribution in [1.29, 1.82) is 0 Å². The molecule has 1 saturated carbocycles. The molecule has 6 rings (SSSR count). The molecular formula is C29H36N6O2. The van der Waals surface area contributed by atoms with Gasteiger partial charge in [-0.1, -0.05) is 6.07 Å². The van der Waals surface area contributed by atoms with Crippen molar-refractivity contribution in [3.05, 3.63) is 60.2 Å². The molecule has 0 bridgehead atoms. The fourth-order valence-corrected chi connectivity index (χ4v) is 5.62. The number of nitrogens with one attached hydrogen (secondary N) is 2. The lowest BCUT2D eigenvalue weighted by Crippen LogP contribution is -2.47. The van der Waals surface area contributed by atoms with Crippen LogP contribution in [0.25, 0.3) is 16.8 Å². The molecule has 1 aliphatic carbocycles. The fraction of sp³-hybridized carbons (Fsp3) is 0.483. The second-order valence-electron chi connectivity index (χ2n) is 10.8. The Balaban J connectivity index is 1.12. The number of hydrogen-bond acceptors (Lipinski definition) is 6. The Hall–Kier alpha value is -3.23. The van der Waals surface area contributed by atoms with Gasteiger partial charge in [-0.25, -0.2) is 4.68 Å². The largest absolute Gasteiger partial charge is 0.381 e. The van der Waals surface area contributed by atoms with Gasteiger partial charge in [0.25, 0.3) is 5.91 Å². The standard InChI is InChI=1S/C29H36N6O2/c1-19-3-4-21(29(36)33-23-5-6-23)13-27(19)22-15-31-35(18-22)26-14-25(16-30-17-26)32-24-7-10-34(11-8-24)28-9-12-37-20(28)2/h3-4,13-18,20,23-24,28,32H,5-12H2,1-2H3,(H,33,36). The molecule has 2 unspecified atom stereocenters. The number of piperidine rings is 1. The quantitative estimate of drug-likeness (QED) is 0.506. The van der Waals surface area contributed by atoms with E-state index in [1.807, 2.05) is 47.7 Å². The van der Waals surface area contributed by atoms with Gasteiger partial charge in [0.15, 0.2) is 0 Å². The number of nitrogens with zero attached hydrogens (tertiary/aromatic N) is 4. The molecule has 8 heteroatoms. The van der Waals surface area contributed by atoms with E-state index in [-0.39, 0.29) is 5.91 Å². The van der Waals surface area contributed by atoms with Crippen molar-refractivity contribution < 1.29 is 9.53 Å². The summed E-state index contributed by atoms with van der Waals surface area (Å²) in [4.78, 5) is 19.6. The normalized spacial score (nSPS) is 22.8. The topological polar surface area (TPSA) is 84.3 Å². The maximum Gasteiger partial charge on any atom is 0.251 e. The number of rotatable bonds is 7. The number of likely N-dealkylation sites (tertiary alicyclic amines) is 1. The predicted octanol–water partition coefficient (Wildman–Crippen LogP) is 4.19. The molecule has 3 aliphatic rings. The van der Waals surface area contributed by atoms with E-state index >= 15 is 0 Å². The Labute approximate surface area is 218 Å². The summed E-state index contributed by atoms with van der Waals surface area (Å²) in [6.07, 6.45) is 13.5. The summed E-state index contributed by atoms with van der Waals surface area (Å²) in [7, 11) is 0. The average Bonchev–Trinajstić information content (AvgIpc) is 3.40. The van der Waals surface area contributed by atoms with Gasteiger partial charge < -0.3 is 15.4 Å². The predicted molar refractivity (Wildman–Crippen MR) is 144 cm³/mol. The Morgan fingerprint density at radius 1 is 1.03 bits per heavy atom. The zero-order valence-electron chi connectivity index (χ0n) is 21.7. The fourth-order valence-electron chi connectivity index (χ4n) is 5.62. The van der Waals surface area contributed by atoms with Gasteiger partial charge in [-0.05, 0) is 75.3 Å². The minimum Gasteiger partial charge on any atom is -0.381 e. The number of carbonyl (C=O) groups is 1. The molecule has 2 atom stereocenters. The molecule has 0 radical (unpaired) electrons. The van der Waals surface area contributed by atoms with Crippen LogP contribution in [0.3, 0.4) is 0 Å². The zero-order valence-corrected chi connectivity index (χ0v) is 21.7. The highest BCUT2D eigenvalue weighted by atomic mass is 16.5. The number of aryl methyl sites for hydroxylation is 1. The van der Waals surface area contributed by atoms with Crippen LogP contribution in [0.5, 0.6) is 0 Å². The molecule has 2 saturated heterocycles. The number of aromatic nitrogens is 3. The van der Waals surface area contributed by atoms with Gasteiger partial charge in [-0.15, -0.1) is 0 Å². The molecule has 4 heterocycles. The van der Waals surface area contributed by atoms with Crippen LogP contribution >= 0.6 is 0 Å². The van der Waals surface area contributed by atoms with Crippen molar-refractivity contribution in [3.63, 3.8) is 0 Å². The number of carbonyl (C=O) groups excluding carboxylic acids is 1. The third-order valence-corrected chi connectivity index (χ3v) is 8.00. The number of pyridine rings is 1. The number of anilines is 1. The zero-order chi connectivity index (χ0) is 25.4. The minimum atomic E-state index is -0.00367. The highest BCUT2D eigenvalue weighted by molar-refractivity contribution is 5.96. The molecule has 3 fully saturated rings. The van der Waals surface area contributed by atoms with Crippen molar-refractivity contribution >= 4 is 11.6 Å². The van der Waals surface area contributed by atoms with E-state index in [4.69, 9.17) is 4.74 Å². The summed E-state index contributed by atoms with van der Waals surface area (Å²) in [6, 6.07) is 9.32. The van der Waals surface area contributed by atoms with Gasteiger partial charge in [0.1, 0.15) is 0 Å². The van der Waals surface area contributed by atoms with Crippen LogP contribution in [0.4, 0.5) is 5.69 Å². The number of amides is 1. The lowest BCUT2D eigenvalue weighted by Gasteiger charge is -2.37. The Kier molecular flexibility index (Phi) is 6.69. The van der Waals surface area contributed by atoms with E-state index in [1.54, 1.807) is 0 Å². The van der Waals surface area contributed by atoms with Gasteiger partial charge in [-0.2, -0.15) is 5.10 Å². The van der Waals surface area contributed by atoms with Crippen molar-refractivity contribution in [3.8, 4) is 16.8 Å². The summed E-state index contributed by atoms with van der Waals surface area (Å²) in [5.41, 5.74) is 5.72. The number of benzene rings is 1. The second kappa shape index (κ2) is 10.3. The maximum absolute atomic E-state index is 12.6. The Bertz CT molecular complexity index is 1260. The molecule has 2 aliphatic heterocycles. The van der Waals surface area contributed by atoms with Gasteiger partial charge in [0.05, 0.1) is 36.1 Å². The van der Waals surface area contributed by atoms with E-state index < -0.39 is 0 Å². The Morgan fingerprint density at radius 3 is 2.62 bits per heavy atom. The third-order valence-electron chi connectivity index (χ3n) is 8.00. The summed E-state index contributed by atoms with van der Waals surface area (Å²) in [5, 5.41) is 11.4. The number of hydrogen-bond donors (Lipinski definition) is 2. The maximum atomic E-state index is 12.6. The second-order valence-corrected chi connectivity index (χ2v) is 10.8. The lowest BCUT2D eigenvalue weighted by molar-refractivity contribution is 0.0641. The van der Waals surface area contributed by atoms with E-state index in [9.17, 15) is 4.79 Å². The summed E-state index contributed by atoms with van der Waals surface area (Å²) in [5.74, 6) is -0.00367. The molecule has 3 aromatic rings. The molecule has 194 valence electrons. The van der Waals surface area contributed by atoms with Crippen molar-refractivity contribution in [2.24, 2.45) is 0 Å². The van der Waals surface area contributed by atoms with Crippen LogP contribution in [-0.2, 0) is 4.74 Å². The molecule has 2 N–H and O–H groups in total. The van der Waals surface area contributed by atoms with Crippen LogP contribution in [0.1, 0.15) is 54.9 Å². The van der Waals surface area contributed by atoms with E-state index in [0.717, 1.165) is 79.9 Å². The highest BCUT2D eigenvalue weighted by Crippen LogP contribution is 2.28. The monoisotopic (exact) mass is 500 g/mol.